The first kappa shape index (κ1) is 17.1. The van der Waals surface area contributed by atoms with E-state index in [1.54, 1.807) is 0 Å². The molecule has 0 spiro atoms. The summed E-state index contributed by atoms with van der Waals surface area (Å²) in [5.74, 6) is -1.27. The summed E-state index contributed by atoms with van der Waals surface area (Å²) < 4.78 is 26.8. The van der Waals surface area contributed by atoms with Crippen LogP contribution in [0.25, 0.3) is 0 Å². The predicted molar refractivity (Wildman–Crippen MR) is 73.8 cm³/mol. The van der Waals surface area contributed by atoms with Gasteiger partial charge in [0.25, 0.3) is 5.91 Å². The van der Waals surface area contributed by atoms with Gasteiger partial charge in [0.15, 0.2) is 6.61 Å². The van der Waals surface area contributed by atoms with Gasteiger partial charge in [-0.3, -0.25) is 4.79 Å². The van der Waals surface area contributed by atoms with Gasteiger partial charge in [-0.1, -0.05) is 0 Å². The number of nitrogens with zero attached hydrogens (tertiary/aromatic N) is 2. The highest BCUT2D eigenvalue weighted by Crippen LogP contribution is 2.19. The molecule has 0 saturated heterocycles. The fraction of sp³-hybridized carbons (Fsp3) is 0.364. The molecular formula is C11H13N3O5S2. The van der Waals surface area contributed by atoms with Crippen molar-refractivity contribution in [1.29, 1.82) is 5.26 Å². The molecule has 1 aromatic heterocycles. The van der Waals surface area contributed by atoms with Crippen LogP contribution >= 0.6 is 11.3 Å². The van der Waals surface area contributed by atoms with E-state index in [1.807, 2.05) is 6.07 Å². The lowest BCUT2D eigenvalue weighted by Crippen LogP contribution is -2.31. The number of primary sulfonamides is 1. The lowest BCUT2D eigenvalue weighted by molar-refractivity contribution is -0.133. The Hall–Kier alpha value is -1.96. The standard InChI is InChI=1S/C11H13N3O5S2/c1-14(4-2-3-12)9(15)6-19-11(16)8-5-10(20-7-8)21(13,17)18/h5,7H,2,4,6H2,1H3,(H2,13,17,18). The van der Waals surface area contributed by atoms with Crippen LogP contribution in [0.5, 0.6) is 0 Å². The zero-order valence-electron chi connectivity index (χ0n) is 11.1. The van der Waals surface area contributed by atoms with Gasteiger partial charge in [0.1, 0.15) is 4.21 Å². The summed E-state index contributed by atoms with van der Waals surface area (Å²) in [5, 5.41) is 14.6. The number of nitrogens with two attached hydrogens (primary N) is 1. The molecule has 1 heterocycles. The summed E-state index contributed by atoms with van der Waals surface area (Å²) in [6.45, 7) is -0.248. The van der Waals surface area contributed by atoms with E-state index < -0.39 is 28.5 Å². The third-order valence-electron chi connectivity index (χ3n) is 2.40. The maximum atomic E-state index is 11.7. The largest absolute Gasteiger partial charge is 0.452 e. The highest BCUT2D eigenvalue weighted by molar-refractivity contribution is 7.91. The monoisotopic (exact) mass is 331 g/mol. The minimum Gasteiger partial charge on any atom is -0.452 e. The molecule has 8 nitrogen and oxygen atoms in total. The number of carbonyl (C=O) groups is 2. The SMILES string of the molecule is CN(CCC#N)C(=O)COC(=O)c1csc(S(N)(=O)=O)c1. The molecule has 10 heteroatoms. The Bertz CT molecular complexity index is 674. The smallest absolute Gasteiger partial charge is 0.339 e. The second-order valence-corrected chi connectivity index (χ2v) is 6.70. The number of thiophene rings is 1. The quantitative estimate of drug-likeness (QED) is 0.726. The normalized spacial score (nSPS) is 10.7. The van der Waals surface area contributed by atoms with Crippen LogP contribution in [0.4, 0.5) is 0 Å². The van der Waals surface area contributed by atoms with Gasteiger partial charge in [0.05, 0.1) is 18.1 Å². The van der Waals surface area contributed by atoms with E-state index >= 15 is 0 Å². The molecule has 0 aromatic carbocycles. The number of ether oxygens (including phenoxy) is 1. The number of nitriles is 1. The molecule has 0 aliphatic heterocycles. The van der Waals surface area contributed by atoms with Crippen molar-refractivity contribution in [2.75, 3.05) is 20.2 Å². The van der Waals surface area contributed by atoms with Crippen LogP contribution in [0.2, 0.25) is 0 Å². The third-order valence-corrected chi connectivity index (χ3v) is 4.79. The third kappa shape index (κ3) is 5.14. The summed E-state index contributed by atoms with van der Waals surface area (Å²) in [4.78, 5) is 24.5. The number of rotatable bonds is 6. The first-order valence-corrected chi connectivity index (χ1v) is 8.07. The molecule has 1 amide bonds. The van der Waals surface area contributed by atoms with Gasteiger partial charge in [0.2, 0.25) is 10.0 Å². The van der Waals surface area contributed by atoms with E-state index in [1.165, 1.54) is 17.3 Å². The number of amides is 1. The van der Waals surface area contributed by atoms with Crippen LogP contribution in [0.3, 0.4) is 0 Å². The number of hydrogen-bond acceptors (Lipinski definition) is 7. The lowest BCUT2D eigenvalue weighted by atomic mass is 10.3. The Labute approximate surface area is 125 Å². The van der Waals surface area contributed by atoms with Crippen LogP contribution in [0, 0.1) is 11.3 Å². The summed E-state index contributed by atoms with van der Waals surface area (Å²) in [6.07, 6.45) is 0.179. The van der Waals surface area contributed by atoms with Gasteiger partial charge in [0, 0.05) is 19.0 Å². The van der Waals surface area contributed by atoms with E-state index in [0.29, 0.717) is 0 Å². The van der Waals surface area contributed by atoms with Crippen LogP contribution in [-0.2, 0) is 19.6 Å². The summed E-state index contributed by atoms with van der Waals surface area (Å²) >= 11 is 0.791. The number of sulfonamides is 1. The van der Waals surface area contributed by atoms with E-state index in [-0.39, 0.29) is 22.7 Å². The molecule has 0 fully saturated rings. The molecule has 0 atom stereocenters. The fourth-order valence-electron chi connectivity index (χ4n) is 1.24. The van der Waals surface area contributed by atoms with Gasteiger partial charge in [-0.15, -0.1) is 11.3 Å². The molecule has 0 bridgehead atoms. The van der Waals surface area contributed by atoms with Crippen LogP contribution in [-0.4, -0.2) is 45.4 Å². The van der Waals surface area contributed by atoms with Crippen molar-refractivity contribution in [3.05, 3.63) is 17.0 Å². The number of esters is 1. The van der Waals surface area contributed by atoms with Gasteiger partial charge < -0.3 is 9.64 Å². The van der Waals surface area contributed by atoms with Crippen molar-refractivity contribution in [2.45, 2.75) is 10.6 Å². The van der Waals surface area contributed by atoms with Crippen molar-refractivity contribution in [2.24, 2.45) is 5.14 Å². The highest BCUT2D eigenvalue weighted by atomic mass is 32.2. The Morgan fingerprint density at radius 3 is 2.71 bits per heavy atom. The zero-order chi connectivity index (χ0) is 16.0. The molecular weight excluding hydrogens is 318 g/mol. The average Bonchev–Trinajstić information content (AvgIpc) is 2.91. The molecule has 21 heavy (non-hydrogen) atoms. The summed E-state index contributed by atoms with van der Waals surface area (Å²) in [5.41, 5.74) is 0.0107. The highest BCUT2D eigenvalue weighted by Gasteiger charge is 2.18. The van der Waals surface area contributed by atoms with Crippen molar-refractivity contribution in [3.63, 3.8) is 0 Å². The second kappa shape index (κ2) is 7.16. The van der Waals surface area contributed by atoms with Crippen molar-refractivity contribution >= 4 is 33.2 Å². The number of hydrogen-bond donors (Lipinski definition) is 1. The Morgan fingerprint density at radius 1 is 1.52 bits per heavy atom. The van der Waals surface area contributed by atoms with Gasteiger partial charge >= 0.3 is 5.97 Å². The predicted octanol–water partition coefficient (Wildman–Crippen LogP) is -0.0756. The summed E-state index contributed by atoms with van der Waals surface area (Å²) in [7, 11) is -2.38. The molecule has 114 valence electrons. The van der Waals surface area contributed by atoms with Crippen LogP contribution < -0.4 is 5.14 Å². The molecule has 1 rings (SSSR count). The average molecular weight is 331 g/mol. The Balaban J connectivity index is 2.57. The minimum absolute atomic E-state index is 0.0107. The Kier molecular flexibility index (Phi) is 5.83. The van der Waals surface area contributed by atoms with Gasteiger partial charge in [-0.25, -0.2) is 18.4 Å². The second-order valence-electron chi connectivity index (χ2n) is 4.00. The molecule has 0 aliphatic rings. The number of carbonyl (C=O) groups excluding carboxylic acids is 2. The van der Waals surface area contributed by atoms with Crippen molar-refractivity contribution in [3.8, 4) is 6.07 Å². The molecule has 0 aliphatic carbocycles. The first-order chi connectivity index (χ1) is 9.75. The molecule has 0 radical (unpaired) electrons. The molecule has 0 saturated carbocycles. The van der Waals surface area contributed by atoms with E-state index in [0.717, 1.165) is 17.4 Å². The zero-order valence-corrected chi connectivity index (χ0v) is 12.7. The van der Waals surface area contributed by atoms with E-state index in [9.17, 15) is 18.0 Å². The number of likely N-dealkylation sites (N-methyl/N-ethyl adjacent to an activating group) is 1. The molecule has 1 aromatic rings. The Morgan fingerprint density at radius 2 is 2.19 bits per heavy atom. The maximum absolute atomic E-state index is 11.7. The van der Waals surface area contributed by atoms with Crippen molar-refractivity contribution in [1.82, 2.24) is 4.90 Å². The maximum Gasteiger partial charge on any atom is 0.339 e. The topological polar surface area (TPSA) is 131 Å². The van der Waals surface area contributed by atoms with Crippen molar-refractivity contribution < 1.29 is 22.7 Å². The fourth-order valence-corrected chi connectivity index (χ4v) is 2.81. The van der Waals surface area contributed by atoms with Crippen LogP contribution in [0.1, 0.15) is 16.8 Å². The van der Waals surface area contributed by atoms with Gasteiger partial charge in [-0.05, 0) is 6.07 Å². The molecule has 2 N–H and O–H groups in total. The first-order valence-electron chi connectivity index (χ1n) is 5.65. The van der Waals surface area contributed by atoms with Gasteiger partial charge in [-0.2, -0.15) is 5.26 Å². The van der Waals surface area contributed by atoms with E-state index in [2.05, 4.69) is 0 Å². The lowest BCUT2D eigenvalue weighted by Gasteiger charge is -2.14. The summed E-state index contributed by atoms with van der Waals surface area (Å²) in [6, 6.07) is 2.98. The minimum atomic E-state index is -3.87. The molecule has 0 unspecified atom stereocenters. The van der Waals surface area contributed by atoms with Crippen LogP contribution in [0.15, 0.2) is 15.7 Å². The van der Waals surface area contributed by atoms with E-state index in [4.69, 9.17) is 15.1 Å².